The zero-order valence-corrected chi connectivity index (χ0v) is 18.0. The highest BCUT2D eigenvalue weighted by molar-refractivity contribution is 6.30. The molecule has 4 rings (SSSR count). The summed E-state index contributed by atoms with van der Waals surface area (Å²) in [5.74, 6) is -0.393. The molecular weight excluding hydrogens is 434 g/mol. The molecule has 0 unspecified atom stereocenters. The van der Waals surface area contributed by atoms with E-state index in [1.54, 1.807) is 62.4 Å². The van der Waals surface area contributed by atoms with E-state index in [1.807, 2.05) is 0 Å². The van der Waals surface area contributed by atoms with Gasteiger partial charge in [-0.3, -0.25) is 9.59 Å². The van der Waals surface area contributed by atoms with Gasteiger partial charge >= 0.3 is 5.97 Å². The van der Waals surface area contributed by atoms with Crippen molar-refractivity contribution in [3.63, 3.8) is 0 Å². The van der Waals surface area contributed by atoms with Crippen molar-refractivity contribution in [3.05, 3.63) is 98.1 Å². The van der Waals surface area contributed by atoms with Crippen LogP contribution in [0.1, 0.15) is 37.7 Å². The third kappa shape index (κ3) is 4.40. The van der Waals surface area contributed by atoms with Gasteiger partial charge in [0.25, 0.3) is 11.5 Å². The highest BCUT2D eigenvalue weighted by Gasteiger charge is 2.16. The van der Waals surface area contributed by atoms with Crippen molar-refractivity contribution in [3.8, 4) is 0 Å². The first-order chi connectivity index (χ1) is 15.3. The molecule has 32 heavy (non-hydrogen) atoms. The van der Waals surface area contributed by atoms with E-state index in [1.165, 1.54) is 6.07 Å². The van der Waals surface area contributed by atoms with Gasteiger partial charge in [0, 0.05) is 28.4 Å². The molecule has 0 fully saturated rings. The van der Waals surface area contributed by atoms with Crippen LogP contribution in [0.4, 0.5) is 5.69 Å². The minimum absolute atomic E-state index is 0.185. The molecule has 0 aliphatic rings. The SMILES string of the molecule is Cc1cc2nc(COC(=O)c3cccc(NC(=O)c4ccc(Cl)cc4)c3C)cc(=O)n2o1. The Morgan fingerprint density at radius 3 is 2.62 bits per heavy atom. The number of nitrogens with one attached hydrogen (secondary N) is 1. The van der Waals surface area contributed by atoms with Crippen molar-refractivity contribution in [2.24, 2.45) is 0 Å². The molecule has 4 aromatic rings. The first-order valence-electron chi connectivity index (χ1n) is 9.65. The lowest BCUT2D eigenvalue weighted by Crippen LogP contribution is -2.16. The highest BCUT2D eigenvalue weighted by Crippen LogP contribution is 2.21. The fraction of sp³-hybridized carbons (Fsp3) is 0.130. The molecular formula is C23H18ClN3O5. The van der Waals surface area contributed by atoms with Crippen molar-refractivity contribution in [2.75, 3.05) is 5.32 Å². The molecule has 0 bridgehead atoms. The number of halogens is 1. The predicted molar refractivity (Wildman–Crippen MR) is 118 cm³/mol. The second-order valence-corrected chi connectivity index (χ2v) is 7.54. The third-order valence-electron chi connectivity index (χ3n) is 4.78. The van der Waals surface area contributed by atoms with Gasteiger partial charge in [0.1, 0.15) is 12.4 Å². The number of aromatic nitrogens is 2. The van der Waals surface area contributed by atoms with E-state index in [-0.39, 0.29) is 18.1 Å². The number of hydrogen-bond donors (Lipinski definition) is 1. The molecule has 0 aliphatic heterocycles. The normalized spacial score (nSPS) is 10.8. The van der Waals surface area contributed by atoms with Crippen molar-refractivity contribution in [2.45, 2.75) is 20.5 Å². The molecule has 1 N–H and O–H groups in total. The largest absolute Gasteiger partial charge is 0.456 e. The predicted octanol–water partition coefficient (Wildman–Crippen LogP) is 4.17. The van der Waals surface area contributed by atoms with Gasteiger partial charge in [0.05, 0.1) is 11.3 Å². The molecule has 0 radical (unpaired) electrons. The van der Waals surface area contributed by atoms with Gasteiger partial charge in [0.2, 0.25) is 0 Å². The second kappa shape index (κ2) is 8.68. The number of rotatable bonds is 5. The molecule has 1 amide bonds. The number of benzene rings is 2. The summed E-state index contributed by atoms with van der Waals surface area (Å²) in [6.07, 6.45) is 0. The Balaban J connectivity index is 1.49. The molecule has 2 heterocycles. The van der Waals surface area contributed by atoms with E-state index in [4.69, 9.17) is 20.9 Å². The van der Waals surface area contributed by atoms with E-state index in [9.17, 15) is 14.4 Å². The van der Waals surface area contributed by atoms with Crippen LogP contribution in [0.3, 0.4) is 0 Å². The number of amides is 1. The number of carbonyl (C=O) groups is 2. The molecule has 9 heteroatoms. The zero-order chi connectivity index (χ0) is 22.8. The maximum atomic E-state index is 12.7. The summed E-state index contributed by atoms with van der Waals surface area (Å²) in [5.41, 5.74) is 1.98. The average molecular weight is 452 g/mol. The van der Waals surface area contributed by atoms with Crippen LogP contribution < -0.4 is 10.9 Å². The summed E-state index contributed by atoms with van der Waals surface area (Å²) in [4.78, 5) is 41.5. The summed E-state index contributed by atoms with van der Waals surface area (Å²) < 4.78 is 11.7. The van der Waals surface area contributed by atoms with Gasteiger partial charge in [-0.1, -0.05) is 17.7 Å². The number of anilines is 1. The fourth-order valence-corrected chi connectivity index (χ4v) is 3.28. The molecule has 0 saturated carbocycles. The number of carbonyl (C=O) groups excluding carboxylic acids is 2. The Hall–Kier alpha value is -3.91. The number of nitrogens with zero attached hydrogens (tertiary/aromatic N) is 2. The maximum Gasteiger partial charge on any atom is 0.338 e. The lowest BCUT2D eigenvalue weighted by Gasteiger charge is -2.12. The first-order valence-corrected chi connectivity index (χ1v) is 10.0. The average Bonchev–Trinajstić information content (AvgIpc) is 3.15. The molecule has 2 aromatic carbocycles. The first kappa shape index (κ1) is 21.3. The van der Waals surface area contributed by atoms with Crippen molar-refractivity contribution in [1.82, 2.24) is 9.56 Å². The second-order valence-electron chi connectivity index (χ2n) is 7.10. The molecule has 0 spiro atoms. The van der Waals surface area contributed by atoms with Crippen LogP contribution in [0.15, 0.2) is 63.9 Å². The van der Waals surface area contributed by atoms with Gasteiger partial charge in [-0.15, -0.1) is 4.57 Å². The minimum atomic E-state index is -0.601. The van der Waals surface area contributed by atoms with Crippen LogP contribution in [-0.4, -0.2) is 21.4 Å². The van der Waals surface area contributed by atoms with E-state index in [2.05, 4.69) is 10.3 Å². The lowest BCUT2D eigenvalue weighted by molar-refractivity contribution is 0.0466. The number of esters is 1. The number of ether oxygens (including phenoxy) is 1. The monoisotopic (exact) mass is 451 g/mol. The minimum Gasteiger partial charge on any atom is -0.456 e. The Kier molecular flexibility index (Phi) is 5.79. The van der Waals surface area contributed by atoms with Crippen LogP contribution >= 0.6 is 11.6 Å². The highest BCUT2D eigenvalue weighted by atomic mass is 35.5. The summed E-state index contributed by atoms with van der Waals surface area (Å²) in [5, 5.41) is 3.32. The van der Waals surface area contributed by atoms with Crippen molar-refractivity contribution >= 4 is 34.8 Å². The quantitative estimate of drug-likeness (QED) is 0.457. The summed E-state index contributed by atoms with van der Waals surface area (Å²) in [6, 6.07) is 14.3. The van der Waals surface area contributed by atoms with Crippen LogP contribution in [-0.2, 0) is 11.3 Å². The summed E-state index contributed by atoms with van der Waals surface area (Å²) >= 11 is 5.86. The van der Waals surface area contributed by atoms with Crippen LogP contribution in [0.25, 0.3) is 5.65 Å². The van der Waals surface area contributed by atoms with Crippen LogP contribution in [0.5, 0.6) is 0 Å². The van der Waals surface area contributed by atoms with Crippen LogP contribution in [0, 0.1) is 13.8 Å². The van der Waals surface area contributed by atoms with E-state index < -0.39 is 11.5 Å². The smallest absolute Gasteiger partial charge is 0.338 e. The molecule has 0 atom stereocenters. The molecule has 2 aromatic heterocycles. The van der Waals surface area contributed by atoms with Gasteiger partial charge < -0.3 is 14.6 Å². The van der Waals surface area contributed by atoms with E-state index in [0.29, 0.717) is 38.9 Å². The van der Waals surface area contributed by atoms with Gasteiger partial charge in [-0.05, 0) is 55.8 Å². The lowest BCUT2D eigenvalue weighted by atomic mass is 10.1. The maximum absolute atomic E-state index is 12.7. The van der Waals surface area contributed by atoms with Gasteiger partial charge in [0.15, 0.2) is 5.65 Å². The summed E-state index contributed by atoms with van der Waals surface area (Å²) in [7, 11) is 0. The Bertz CT molecular complexity index is 1390. The summed E-state index contributed by atoms with van der Waals surface area (Å²) in [6.45, 7) is 3.23. The van der Waals surface area contributed by atoms with Crippen molar-refractivity contribution < 1.29 is 18.8 Å². The van der Waals surface area contributed by atoms with E-state index in [0.717, 1.165) is 4.57 Å². The third-order valence-corrected chi connectivity index (χ3v) is 5.04. The van der Waals surface area contributed by atoms with Gasteiger partial charge in [-0.25, -0.2) is 9.78 Å². The van der Waals surface area contributed by atoms with Crippen LogP contribution in [0.2, 0.25) is 5.02 Å². The molecule has 0 aliphatic carbocycles. The molecule has 8 nitrogen and oxygen atoms in total. The number of hydrogen-bond acceptors (Lipinski definition) is 6. The Morgan fingerprint density at radius 1 is 1.12 bits per heavy atom. The Labute approximate surface area is 187 Å². The number of aryl methyl sites for hydroxylation is 1. The zero-order valence-electron chi connectivity index (χ0n) is 17.2. The number of fused-ring (bicyclic) bond motifs is 1. The Morgan fingerprint density at radius 2 is 1.88 bits per heavy atom. The standard InChI is InChI=1S/C23H18ClN3O5/c1-13-10-20-25-17(11-21(28)27(20)32-13)12-31-23(30)18-4-3-5-19(14(18)2)26-22(29)15-6-8-16(24)9-7-15/h3-11H,12H2,1-2H3,(H,26,29). The van der Waals surface area contributed by atoms with Crippen molar-refractivity contribution in [1.29, 1.82) is 0 Å². The fourth-order valence-electron chi connectivity index (χ4n) is 3.15. The van der Waals surface area contributed by atoms with E-state index >= 15 is 0 Å². The molecule has 162 valence electrons. The van der Waals surface area contributed by atoms with Gasteiger partial charge in [-0.2, -0.15) is 0 Å². The topological polar surface area (TPSA) is 103 Å². The molecule has 0 saturated heterocycles.